The fraction of sp³-hybridized carbons (Fsp3) is 0.318. The van der Waals surface area contributed by atoms with Crippen LogP contribution >= 0.6 is 11.3 Å². The van der Waals surface area contributed by atoms with Crippen molar-refractivity contribution in [3.05, 3.63) is 54.1 Å². The second kappa shape index (κ2) is 9.34. The van der Waals surface area contributed by atoms with Crippen LogP contribution in [0.5, 0.6) is 0 Å². The molecule has 2 heterocycles. The molecule has 4 rings (SSSR count). The molecule has 8 heteroatoms. The maximum atomic E-state index is 12.7. The van der Waals surface area contributed by atoms with Crippen LogP contribution in [0.4, 0.5) is 0 Å². The summed E-state index contributed by atoms with van der Waals surface area (Å²) in [5.41, 5.74) is 1.99. The smallest absolute Gasteiger partial charge is 0.339 e. The van der Waals surface area contributed by atoms with E-state index in [1.807, 2.05) is 36.4 Å². The summed E-state index contributed by atoms with van der Waals surface area (Å²) >= 11 is 1.52. The van der Waals surface area contributed by atoms with Crippen LogP contribution in [0.25, 0.3) is 20.8 Å². The maximum absolute atomic E-state index is 12.7. The standard InChI is InChI=1S/C22H23N3O4S/c26-14-13-24-9-11-25(12-10-24)20(27)15-29-22(28)17-6-2-1-5-16(17)21-23-18-7-3-4-8-19(18)30-21/h1-8,26H,9-15H2. The molecule has 1 saturated heterocycles. The molecule has 156 valence electrons. The molecule has 2 aromatic carbocycles. The number of esters is 1. The number of thiazole rings is 1. The molecule has 0 bridgehead atoms. The number of ether oxygens (including phenoxy) is 1. The second-order valence-corrected chi connectivity index (χ2v) is 8.09. The Morgan fingerprint density at radius 2 is 1.77 bits per heavy atom. The minimum Gasteiger partial charge on any atom is -0.452 e. The first-order valence-corrected chi connectivity index (χ1v) is 10.7. The molecule has 0 unspecified atom stereocenters. The number of carbonyl (C=O) groups is 2. The second-order valence-electron chi connectivity index (χ2n) is 7.05. The van der Waals surface area contributed by atoms with E-state index in [2.05, 4.69) is 9.88 Å². The quantitative estimate of drug-likeness (QED) is 0.610. The van der Waals surface area contributed by atoms with Gasteiger partial charge in [-0.05, 0) is 18.2 Å². The zero-order valence-corrected chi connectivity index (χ0v) is 17.3. The van der Waals surface area contributed by atoms with Gasteiger partial charge in [-0.15, -0.1) is 11.3 Å². The van der Waals surface area contributed by atoms with Gasteiger partial charge in [-0.25, -0.2) is 9.78 Å². The van der Waals surface area contributed by atoms with E-state index in [1.165, 1.54) is 11.3 Å². The van der Waals surface area contributed by atoms with Gasteiger partial charge in [0.1, 0.15) is 5.01 Å². The SMILES string of the molecule is O=C(OCC(=O)N1CCN(CCO)CC1)c1ccccc1-c1nc2ccccc2s1. The van der Waals surface area contributed by atoms with E-state index >= 15 is 0 Å². The number of carbonyl (C=O) groups excluding carboxylic acids is 2. The van der Waals surface area contributed by atoms with Crippen LogP contribution in [-0.4, -0.2) is 77.7 Å². The molecule has 0 radical (unpaired) electrons. The molecule has 30 heavy (non-hydrogen) atoms. The van der Waals surface area contributed by atoms with Crippen molar-refractivity contribution in [1.82, 2.24) is 14.8 Å². The zero-order chi connectivity index (χ0) is 20.9. The lowest BCUT2D eigenvalue weighted by atomic mass is 10.1. The van der Waals surface area contributed by atoms with Crippen LogP contribution in [0.3, 0.4) is 0 Å². The predicted molar refractivity (Wildman–Crippen MR) is 115 cm³/mol. The van der Waals surface area contributed by atoms with Crippen molar-refractivity contribution in [3.63, 3.8) is 0 Å². The van der Waals surface area contributed by atoms with Gasteiger partial charge in [-0.1, -0.05) is 30.3 Å². The molecule has 0 saturated carbocycles. The third-order valence-corrected chi connectivity index (χ3v) is 6.21. The lowest BCUT2D eigenvalue weighted by Crippen LogP contribution is -2.50. The summed E-state index contributed by atoms with van der Waals surface area (Å²) < 4.78 is 6.39. The van der Waals surface area contributed by atoms with Gasteiger partial charge in [-0.3, -0.25) is 9.69 Å². The van der Waals surface area contributed by atoms with Crippen LogP contribution in [0.2, 0.25) is 0 Å². The average Bonchev–Trinajstić information content (AvgIpc) is 3.22. The largest absolute Gasteiger partial charge is 0.452 e. The van der Waals surface area contributed by atoms with Gasteiger partial charge in [-0.2, -0.15) is 0 Å². The van der Waals surface area contributed by atoms with Crippen LogP contribution in [-0.2, 0) is 9.53 Å². The Hall–Kier alpha value is -2.81. The van der Waals surface area contributed by atoms with E-state index in [9.17, 15) is 9.59 Å². The first-order chi connectivity index (χ1) is 14.7. The molecule has 1 amide bonds. The summed E-state index contributed by atoms with van der Waals surface area (Å²) in [5.74, 6) is -0.735. The molecule has 0 atom stereocenters. The Labute approximate surface area is 178 Å². The molecule has 1 fully saturated rings. The van der Waals surface area contributed by atoms with Gasteiger partial charge >= 0.3 is 5.97 Å². The lowest BCUT2D eigenvalue weighted by molar-refractivity contribution is -0.136. The highest BCUT2D eigenvalue weighted by molar-refractivity contribution is 7.21. The number of benzene rings is 2. The molecular formula is C22H23N3O4S. The molecule has 1 aliphatic heterocycles. The number of aliphatic hydroxyl groups excluding tert-OH is 1. The number of nitrogens with zero attached hydrogens (tertiary/aromatic N) is 3. The first kappa shape index (κ1) is 20.5. The zero-order valence-electron chi connectivity index (χ0n) is 16.5. The highest BCUT2D eigenvalue weighted by atomic mass is 32.1. The highest BCUT2D eigenvalue weighted by Gasteiger charge is 2.23. The lowest BCUT2D eigenvalue weighted by Gasteiger charge is -2.34. The van der Waals surface area contributed by atoms with E-state index < -0.39 is 5.97 Å². The fourth-order valence-electron chi connectivity index (χ4n) is 3.49. The summed E-state index contributed by atoms with van der Waals surface area (Å²) in [7, 11) is 0. The number of β-amino-alcohol motifs (C(OH)–C–C–N with tert-alkyl or cyclic N) is 1. The Morgan fingerprint density at radius 1 is 1.03 bits per heavy atom. The molecule has 3 aromatic rings. The topological polar surface area (TPSA) is 83.0 Å². The van der Waals surface area contributed by atoms with Gasteiger partial charge in [0.05, 0.1) is 22.4 Å². The van der Waals surface area contributed by atoms with Gasteiger partial charge in [0.25, 0.3) is 5.91 Å². The molecule has 0 spiro atoms. The molecule has 0 aliphatic carbocycles. The minimum absolute atomic E-state index is 0.111. The Morgan fingerprint density at radius 3 is 2.53 bits per heavy atom. The van der Waals surface area contributed by atoms with Crippen molar-refractivity contribution >= 4 is 33.4 Å². The summed E-state index contributed by atoms with van der Waals surface area (Å²) in [6.07, 6.45) is 0. The number of rotatable bonds is 6. The number of hydrogen-bond donors (Lipinski definition) is 1. The van der Waals surface area contributed by atoms with Crippen molar-refractivity contribution in [2.75, 3.05) is 45.9 Å². The van der Waals surface area contributed by atoms with Crippen molar-refractivity contribution in [2.45, 2.75) is 0 Å². The fourth-order valence-corrected chi connectivity index (χ4v) is 4.50. The van der Waals surface area contributed by atoms with Crippen LogP contribution in [0.1, 0.15) is 10.4 Å². The normalized spacial score (nSPS) is 14.8. The molecule has 7 nitrogen and oxygen atoms in total. The van der Waals surface area contributed by atoms with Crippen molar-refractivity contribution < 1.29 is 19.4 Å². The number of fused-ring (bicyclic) bond motifs is 1. The number of piperazine rings is 1. The number of aliphatic hydroxyl groups is 1. The third kappa shape index (κ3) is 4.51. The number of amides is 1. The van der Waals surface area contributed by atoms with Gasteiger partial charge < -0.3 is 14.7 Å². The molecule has 1 aromatic heterocycles. The number of hydrogen-bond acceptors (Lipinski definition) is 7. The third-order valence-electron chi connectivity index (χ3n) is 5.14. The van der Waals surface area contributed by atoms with Crippen LogP contribution in [0.15, 0.2) is 48.5 Å². The first-order valence-electron chi connectivity index (χ1n) is 9.89. The Kier molecular flexibility index (Phi) is 6.37. The van der Waals surface area contributed by atoms with Crippen LogP contribution < -0.4 is 0 Å². The van der Waals surface area contributed by atoms with E-state index in [0.29, 0.717) is 43.9 Å². The van der Waals surface area contributed by atoms with Gasteiger partial charge in [0, 0.05) is 38.3 Å². The van der Waals surface area contributed by atoms with E-state index in [0.717, 1.165) is 15.2 Å². The van der Waals surface area contributed by atoms with Crippen molar-refractivity contribution in [2.24, 2.45) is 0 Å². The van der Waals surface area contributed by atoms with Gasteiger partial charge in [0.2, 0.25) is 0 Å². The van der Waals surface area contributed by atoms with Crippen molar-refractivity contribution in [1.29, 1.82) is 0 Å². The summed E-state index contributed by atoms with van der Waals surface area (Å²) in [5, 5.41) is 9.76. The van der Waals surface area contributed by atoms with E-state index in [-0.39, 0.29) is 19.1 Å². The van der Waals surface area contributed by atoms with E-state index in [4.69, 9.17) is 9.84 Å². The summed E-state index contributed by atoms with van der Waals surface area (Å²) in [4.78, 5) is 33.6. The Bertz CT molecular complexity index is 1010. The number of aromatic nitrogens is 1. The number of para-hydroxylation sites is 1. The monoisotopic (exact) mass is 425 g/mol. The maximum Gasteiger partial charge on any atom is 0.339 e. The molecule has 1 aliphatic rings. The molecule has 1 N–H and O–H groups in total. The van der Waals surface area contributed by atoms with Crippen LogP contribution in [0, 0.1) is 0 Å². The van der Waals surface area contributed by atoms with E-state index in [1.54, 1.807) is 17.0 Å². The van der Waals surface area contributed by atoms with Gasteiger partial charge in [0.15, 0.2) is 6.61 Å². The molecular weight excluding hydrogens is 402 g/mol. The Balaban J connectivity index is 1.41. The predicted octanol–water partition coefficient (Wildman–Crippen LogP) is 2.26. The average molecular weight is 426 g/mol. The minimum atomic E-state index is -0.530. The highest BCUT2D eigenvalue weighted by Crippen LogP contribution is 2.32. The summed E-state index contributed by atoms with van der Waals surface area (Å²) in [6.45, 7) is 2.99. The summed E-state index contributed by atoms with van der Waals surface area (Å²) in [6, 6.07) is 15.0. The van der Waals surface area contributed by atoms with Crippen molar-refractivity contribution in [3.8, 4) is 10.6 Å².